The van der Waals surface area contributed by atoms with Crippen molar-refractivity contribution < 1.29 is 0 Å². The van der Waals surface area contributed by atoms with Gasteiger partial charge in [-0.25, -0.2) is 0 Å². The van der Waals surface area contributed by atoms with E-state index in [1.807, 2.05) is 0 Å². The zero-order valence-corrected chi connectivity index (χ0v) is 49.3. The average Bonchev–Trinajstić information content (AvgIpc) is 3.87. The number of hydrogen-bond acceptors (Lipinski definition) is 2. The SMILES string of the molecule is Cc1cc2c(cc1N1c3cc4c(c(-c5cc6c(cc5Nc5ccc7c(c5)C(C)(C)CCC7(C)C)C(C)(C)CCC6(C)C)c3Bc3c1ccc1c3C(C)(C)c3ccccc3-1)-c1ccccc1C4(C)C)C(C)(C)CCC2(C)C. The van der Waals surface area contributed by atoms with Crippen molar-refractivity contribution in [3.05, 3.63) is 170 Å². The second kappa shape index (κ2) is 15.7. The van der Waals surface area contributed by atoms with Gasteiger partial charge in [0.05, 0.1) is 0 Å². The quantitative estimate of drug-likeness (QED) is 0.177. The monoisotopic (exact) mass is 999 g/mol. The smallest absolute Gasteiger partial charge is 0.199 e. The lowest BCUT2D eigenvalue weighted by molar-refractivity contribution is 0.332. The van der Waals surface area contributed by atoms with Crippen molar-refractivity contribution in [2.75, 3.05) is 10.2 Å². The van der Waals surface area contributed by atoms with E-state index in [-0.39, 0.29) is 43.3 Å². The van der Waals surface area contributed by atoms with Gasteiger partial charge in [-0.05, 0) is 215 Å². The van der Waals surface area contributed by atoms with Crippen molar-refractivity contribution in [1.29, 1.82) is 0 Å². The molecule has 13 rings (SSSR count). The van der Waals surface area contributed by atoms with Gasteiger partial charge in [-0.2, -0.15) is 0 Å². The third-order valence-corrected chi connectivity index (χ3v) is 21.4. The molecule has 3 heteroatoms. The van der Waals surface area contributed by atoms with Crippen LogP contribution in [-0.2, 0) is 43.3 Å². The molecule has 5 aliphatic carbocycles. The van der Waals surface area contributed by atoms with E-state index in [1.54, 1.807) is 0 Å². The number of fused-ring (bicyclic) bond motifs is 12. The molecule has 7 aromatic carbocycles. The summed E-state index contributed by atoms with van der Waals surface area (Å²) in [6.07, 6.45) is 7.07. The number of nitrogens with one attached hydrogen (secondary N) is 1. The summed E-state index contributed by atoms with van der Waals surface area (Å²) in [4.78, 5) is 2.77. The molecule has 388 valence electrons. The van der Waals surface area contributed by atoms with Crippen LogP contribution in [0.1, 0.15) is 211 Å². The van der Waals surface area contributed by atoms with E-state index in [9.17, 15) is 0 Å². The second-order valence-electron chi connectivity index (χ2n) is 29.8. The second-order valence-corrected chi connectivity index (χ2v) is 29.8. The molecule has 0 amide bonds. The van der Waals surface area contributed by atoms with Crippen LogP contribution < -0.4 is 21.1 Å². The summed E-state index contributed by atoms with van der Waals surface area (Å²) < 4.78 is 0. The van der Waals surface area contributed by atoms with Gasteiger partial charge < -0.3 is 10.2 Å². The Morgan fingerprint density at radius 1 is 0.368 bits per heavy atom. The van der Waals surface area contributed by atoms with Gasteiger partial charge in [-0.1, -0.05) is 183 Å². The van der Waals surface area contributed by atoms with Gasteiger partial charge in [0.1, 0.15) is 0 Å². The molecular formula is C73H83BN2. The number of anilines is 5. The van der Waals surface area contributed by atoms with Gasteiger partial charge in [0, 0.05) is 44.8 Å². The molecule has 0 spiro atoms. The number of nitrogens with zero attached hydrogens (tertiary/aromatic N) is 1. The van der Waals surface area contributed by atoms with Gasteiger partial charge in [0.25, 0.3) is 0 Å². The highest BCUT2D eigenvalue weighted by molar-refractivity contribution is 6.74. The van der Waals surface area contributed by atoms with Crippen LogP contribution >= 0.6 is 0 Å². The Bertz CT molecular complexity index is 3680. The first-order valence-corrected chi connectivity index (χ1v) is 29.2. The van der Waals surface area contributed by atoms with E-state index >= 15 is 0 Å². The van der Waals surface area contributed by atoms with Crippen molar-refractivity contribution in [3.8, 4) is 33.4 Å². The summed E-state index contributed by atoms with van der Waals surface area (Å²) in [7, 11) is 0.836. The molecule has 0 saturated heterocycles. The van der Waals surface area contributed by atoms with Crippen LogP contribution in [0.2, 0.25) is 0 Å². The van der Waals surface area contributed by atoms with Gasteiger partial charge in [-0.15, -0.1) is 0 Å². The maximum atomic E-state index is 4.32. The molecule has 0 aromatic heterocycles. The molecule has 2 nitrogen and oxygen atoms in total. The minimum atomic E-state index is -0.236. The summed E-state index contributed by atoms with van der Waals surface area (Å²) in [6, 6.07) is 44.3. The Balaban J connectivity index is 1.17. The zero-order chi connectivity index (χ0) is 53.8. The minimum Gasteiger partial charge on any atom is -0.355 e. The Hall–Kier alpha value is -5.80. The molecule has 7 aromatic rings. The summed E-state index contributed by atoms with van der Waals surface area (Å²) in [6.45, 7) is 42.1. The van der Waals surface area contributed by atoms with Crippen LogP contribution in [0.15, 0.2) is 109 Å². The number of rotatable bonds is 4. The highest BCUT2D eigenvalue weighted by Crippen LogP contribution is 2.59. The lowest BCUT2D eigenvalue weighted by atomic mass is 9.53. The summed E-state index contributed by atoms with van der Waals surface area (Å²) in [5.74, 6) is 0. The van der Waals surface area contributed by atoms with Crippen LogP contribution in [0.3, 0.4) is 0 Å². The molecule has 0 unspecified atom stereocenters. The van der Waals surface area contributed by atoms with E-state index in [2.05, 4.69) is 237 Å². The molecule has 0 atom stereocenters. The first kappa shape index (κ1) is 49.8. The van der Waals surface area contributed by atoms with Gasteiger partial charge in [-0.3, -0.25) is 0 Å². The first-order valence-electron chi connectivity index (χ1n) is 29.2. The van der Waals surface area contributed by atoms with Crippen molar-refractivity contribution in [2.45, 2.75) is 200 Å². The zero-order valence-electron chi connectivity index (χ0n) is 49.3. The molecule has 6 aliphatic rings. The Morgan fingerprint density at radius 3 is 1.49 bits per heavy atom. The van der Waals surface area contributed by atoms with Gasteiger partial charge in [0.15, 0.2) is 7.28 Å². The Morgan fingerprint density at radius 2 is 0.868 bits per heavy atom. The van der Waals surface area contributed by atoms with Crippen LogP contribution in [0.5, 0.6) is 0 Å². The number of aryl methyl sites for hydroxylation is 1. The van der Waals surface area contributed by atoms with Crippen LogP contribution in [0, 0.1) is 6.92 Å². The van der Waals surface area contributed by atoms with Crippen molar-refractivity contribution in [3.63, 3.8) is 0 Å². The predicted molar refractivity (Wildman–Crippen MR) is 328 cm³/mol. The standard InChI is InChI=1S/C73H83BN2/c1-42-36-51-55(71(12,13)35-32-67(51,4)5)40-59(42)76-58-29-27-45-44-22-18-20-24-48(44)73(16,17)63(45)65(58)74-64-60(76)41-56-61(46-23-19-21-25-49(46)72(56,14)15)62(64)47-38-53-54(70(10,11)34-33-69(53,8)9)39-57(47)75-43-26-28-50-52(37-43)68(6,7)31-30-66(50,2)3/h18-29,36-41,74-75H,30-35H2,1-17H3. The van der Waals surface area contributed by atoms with Gasteiger partial charge >= 0.3 is 0 Å². The molecule has 0 fully saturated rings. The average molecular weight is 999 g/mol. The molecule has 1 N–H and O–H groups in total. The predicted octanol–water partition coefficient (Wildman–Crippen LogP) is 18.2. The van der Waals surface area contributed by atoms with E-state index in [0.717, 1.165) is 20.1 Å². The first-order chi connectivity index (χ1) is 35.6. The fourth-order valence-electron chi connectivity index (χ4n) is 16.2. The Kier molecular flexibility index (Phi) is 10.3. The third kappa shape index (κ3) is 6.91. The van der Waals surface area contributed by atoms with Crippen LogP contribution in [0.25, 0.3) is 33.4 Å². The lowest BCUT2D eigenvalue weighted by Crippen LogP contribution is -2.45. The largest absolute Gasteiger partial charge is 0.355 e. The number of benzene rings is 7. The third-order valence-electron chi connectivity index (χ3n) is 21.4. The fraction of sp³-hybridized carbons (Fsp3) is 0.425. The summed E-state index contributed by atoms with van der Waals surface area (Å²) in [5.41, 5.74) is 33.6. The molecule has 1 aliphatic heterocycles. The minimum absolute atomic E-state index is 0.00480. The Labute approximate surface area is 457 Å². The lowest BCUT2D eigenvalue weighted by Gasteiger charge is -2.44. The van der Waals surface area contributed by atoms with E-state index in [0.29, 0.717) is 0 Å². The number of hydrogen-bond donors (Lipinski definition) is 1. The van der Waals surface area contributed by atoms with Gasteiger partial charge in [0.2, 0.25) is 0 Å². The summed E-state index contributed by atoms with van der Waals surface area (Å²) >= 11 is 0. The maximum Gasteiger partial charge on any atom is 0.199 e. The molecule has 76 heavy (non-hydrogen) atoms. The van der Waals surface area contributed by atoms with E-state index < -0.39 is 0 Å². The molecule has 0 radical (unpaired) electrons. The van der Waals surface area contributed by atoms with Crippen LogP contribution in [-0.4, -0.2) is 7.28 Å². The molecule has 0 bridgehead atoms. The highest BCUT2D eigenvalue weighted by Gasteiger charge is 2.47. The summed E-state index contributed by atoms with van der Waals surface area (Å²) in [5, 5.41) is 4.32. The molecular weight excluding hydrogens is 916 g/mol. The highest BCUT2D eigenvalue weighted by atomic mass is 15.2. The van der Waals surface area contributed by atoms with E-state index in [4.69, 9.17) is 0 Å². The van der Waals surface area contributed by atoms with Crippen molar-refractivity contribution >= 4 is 46.6 Å². The topological polar surface area (TPSA) is 15.3 Å². The fourth-order valence-corrected chi connectivity index (χ4v) is 16.2. The maximum absolute atomic E-state index is 4.32. The van der Waals surface area contributed by atoms with Crippen molar-refractivity contribution in [1.82, 2.24) is 0 Å². The van der Waals surface area contributed by atoms with E-state index in [1.165, 1.54) is 160 Å². The normalized spacial score (nSPS) is 21.0. The van der Waals surface area contributed by atoms with Crippen LogP contribution in [0.4, 0.5) is 28.4 Å². The van der Waals surface area contributed by atoms with Crippen molar-refractivity contribution in [2.24, 2.45) is 0 Å². The molecule has 1 heterocycles. The molecule has 0 saturated carbocycles.